The van der Waals surface area contributed by atoms with E-state index in [0.717, 1.165) is 29.5 Å². The van der Waals surface area contributed by atoms with Crippen molar-refractivity contribution >= 4 is 17.5 Å². The number of amides is 2. The van der Waals surface area contributed by atoms with E-state index in [1.165, 1.54) is 0 Å². The van der Waals surface area contributed by atoms with Gasteiger partial charge in [0.2, 0.25) is 0 Å². The van der Waals surface area contributed by atoms with Crippen molar-refractivity contribution in [2.24, 2.45) is 5.16 Å². The summed E-state index contributed by atoms with van der Waals surface area (Å²) in [5, 5.41) is 6.95. The van der Waals surface area contributed by atoms with Gasteiger partial charge in [-0.15, -0.1) is 0 Å². The minimum absolute atomic E-state index is 0.0000589. The number of likely N-dealkylation sites (tertiary alicyclic amines) is 1. The van der Waals surface area contributed by atoms with Crippen molar-refractivity contribution in [1.29, 1.82) is 0 Å². The summed E-state index contributed by atoms with van der Waals surface area (Å²) in [6.45, 7) is 5.51. The van der Waals surface area contributed by atoms with Crippen LogP contribution < -0.4 is 5.32 Å². The molecule has 156 valence electrons. The Bertz CT molecular complexity index is 969. The van der Waals surface area contributed by atoms with Gasteiger partial charge in [0, 0.05) is 37.5 Å². The van der Waals surface area contributed by atoms with E-state index in [1.807, 2.05) is 43.0 Å². The van der Waals surface area contributed by atoms with E-state index >= 15 is 0 Å². The fourth-order valence-corrected chi connectivity index (χ4v) is 4.20. The average molecular weight is 406 g/mol. The number of pyridine rings is 1. The molecule has 2 amide bonds. The molecule has 0 aliphatic carbocycles. The predicted molar refractivity (Wildman–Crippen MR) is 113 cm³/mol. The Balaban J connectivity index is 1.38. The van der Waals surface area contributed by atoms with Gasteiger partial charge >= 0.3 is 0 Å². The summed E-state index contributed by atoms with van der Waals surface area (Å²) >= 11 is 0. The van der Waals surface area contributed by atoms with E-state index in [1.54, 1.807) is 12.4 Å². The number of carbonyl (C=O) groups excluding carboxylic acids is 2. The summed E-state index contributed by atoms with van der Waals surface area (Å²) in [7, 11) is 0. The van der Waals surface area contributed by atoms with E-state index < -0.39 is 5.60 Å². The maximum atomic E-state index is 13.1. The second kappa shape index (κ2) is 8.26. The monoisotopic (exact) mass is 406 g/mol. The first-order chi connectivity index (χ1) is 14.4. The number of oxime groups is 1. The molecule has 0 saturated carbocycles. The van der Waals surface area contributed by atoms with Crippen molar-refractivity contribution in [2.45, 2.75) is 45.3 Å². The molecule has 2 aromatic rings. The topological polar surface area (TPSA) is 83.9 Å². The smallest absolute Gasteiger partial charge is 0.269 e. The van der Waals surface area contributed by atoms with Gasteiger partial charge in [0.05, 0.1) is 6.54 Å². The van der Waals surface area contributed by atoms with Crippen LogP contribution >= 0.6 is 0 Å². The van der Waals surface area contributed by atoms with Gasteiger partial charge in [-0.25, -0.2) is 0 Å². The van der Waals surface area contributed by atoms with Crippen LogP contribution in [0.15, 0.2) is 47.9 Å². The highest BCUT2D eigenvalue weighted by Gasteiger charge is 2.45. The molecular weight excluding hydrogens is 380 g/mol. The second-order valence-corrected chi connectivity index (χ2v) is 8.23. The first-order valence-corrected chi connectivity index (χ1v) is 10.2. The van der Waals surface area contributed by atoms with Crippen molar-refractivity contribution < 1.29 is 14.4 Å². The molecular formula is C23H26N4O3. The van der Waals surface area contributed by atoms with Gasteiger partial charge in [-0.3, -0.25) is 14.6 Å². The van der Waals surface area contributed by atoms with Gasteiger partial charge in [0.25, 0.3) is 11.8 Å². The molecule has 7 nitrogen and oxygen atoms in total. The Labute approximate surface area is 176 Å². The molecule has 1 saturated heterocycles. The lowest BCUT2D eigenvalue weighted by Crippen LogP contribution is -2.51. The van der Waals surface area contributed by atoms with Crippen LogP contribution in [0.1, 0.15) is 46.3 Å². The predicted octanol–water partition coefficient (Wildman–Crippen LogP) is 2.77. The number of benzene rings is 1. The van der Waals surface area contributed by atoms with Crippen LogP contribution in [0.2, 0.25) is 0 Å². The fraction of sp³-hybridized carbons (Fsp3) is 0.391. The van der Waals surface area contributed by atoms with E-state index in [9.17, 15) is 9.59 Å². The standard InChI is InChI=1S/C23H26N4O3/c1-16-10-17(2)12-19(11-16)22(29)27-9-3-6-23(15-27)13-20(26-30-23)21(28)25-14-18-4-7-24-8-5-18/h4-5,7-8,10-12H,3,6,9,13-15H2,1-2H3,(H,25,28). The number of nitrogens with one attached hydrogen (secondary N) is 1. The molecule has 1 N–H and O–H groups in total. The van der Waals surface area contributed by atoms with Crippen LogP contribution in [0, 0.1) is 13.8 Å². The Hall–Kier alpha value is -3.22. The Morgan fingerprint density at radius 2 is 1.90 bits per heavy atom. The molecule has 7 heteroatoms. The Morgan fingerprint density at radius 3 is 2.63 bits per heavy atom. The van der Waals surface area contributed by atoms with Crippen LogP contribution in [0.25, 0.3) is 0 Å². The lowest BCUT2D eigenvalue weighted by atomic mass is 9.87. The average Bonchev–Trinajstić information content (AvgIpc) is 3.14. The molecule has 1 aromatic carbocycles. The molecule has 1 spiro atoms. The number of hydrogen-bond donors (Lipinski definition) is 1. The zero-order valence-corrected chi connectivity index (χ0v) is 17.4. The van der Waals surface area contributed by atoms with Crippen molar-refractivity contribution in [3.8, 4) is 0 Å². The van der Waals surface area contributed by atoms with Crippen molar-refractivity contribution in [2.75, 3.05) is 13.1 Å². The van der Waals surface area contributed by atoms with Crippen molar-refractivity contribution in [3.63, 3.8) is 0 Å². The largest absolute Gasteiger partial charge is 0.386 e. The molecule has 1 unspecified atom stereocenters. The zero-order valence-electron chi connectivity index (χ0n) is 17.4. The molecule has 2 aliphatic heterocycles. The van der Waals surface area contributed by atoms with Crippen LogP contribution in [0.5, 0.6) is 0 Å². The third-order valence-electron chi connectivity index (χ3n) is 5.60. The number of aryl methyl sites for hydroxylation is 2. The molecule has 3 heterocycles. The number of nitrogens with zero attached hydrogens (tertiary/aromatic N) is 3. The Kier molecular flexibility index (Phi) is 5.53. The first kappa shape index (κ1) is 20.1. The van der Waals surface area contributed by atoms with Crippen LogP contribution in [-0.4, -0.2) is 46.1 Å². The zero-order chi connectivity index (χ0) is 21.1. The lowest BCUT2D eigenvalue weighted by Gasteiger charge is -2.38. The van der Waals surface area contributed by atoms with Crippen LogP contribution in [-0.2, 0) is 16.2 Å². The molecule has 0 radical (unpaired) electrons. The number of carbonyl (C=O) groups is 2. The highest BCUT2D eigenvalue weighted by Crippen LogP contribution is 2.34. The van der Waals surface area contributed by atoms with E-state index in [4.69, 9.17) is 4.84 Å². The summed E-state index contributed by atoms with van der Waals surface area (Å²) in [6.07, 6.45) is 5.38. The number of hydrogen-bond acceptors (Lipinski definition) is 5. The quantitative estimate of drug-likeness (QED) is 0.846. The highest BCUT2D eigenvalue weighted by atomic mass is 16.7. The van der Waals surface area contributed by atoms with Gasteiger partial charge in [0.15, 0.2) is 5.60 Å². The number of rotatable bonds is 4. The Morgan fingerprint density at radius 1 is 1.17 bits per heavy atom. The summed E-state index contributed by atoms with van der Waals surface area (Å²) in [4.78, 5) is 37.2. The van der Waals surface area contributed by atoms with Gasteiger partial charge in [0.1, 0.15) is 5.71 Å². The SMILES string of the molecule is Cc1cc(C)cc(C(=O)N2CCCC3(CC(C(=O)NCc4ccncc4)=NO3)C2)c1. The molecule has 0 bridgehead atoms. The van der Waals surface area contributed by atoms with Crippen molar-refractivity contribution in [1.82, 2.24) is 15.2 Å². The van der Waals surface area contributed by atoms with E-state index in [2.05, 4.69) is 21.5 Å². The van der Waals surface area contributed by atoms with Gasteiger partial charge in [-0.05, 0) is 56.5 Å². The summed E-state index contributed by atoms with van der Waals surface area (Å²) in [5.74, 6) is -0.235. The summed E-state index contributed by atoms with van der Waals surface area (Å²) in [6, 6.07) is 9.60. The normalized spacial score (nSPS) is 20.6. The van der Waals surface area contributed by atoms with Gasteiger partial charge in [-0.1, -0.05) is 22.3 Å². The fourth-order valence-electron chi connectivity index (χ4n) is 4.20. The molecule has 1 fully saturated rings. The lowest BCUT2D eigenvalue weighted by molar-refractivity contribution is -0.115. The summed E-state index contributed by atoms with van der Waals surface area (Å²) < 4.78 is 0. The first-order valence-electron chi connectivity index (χ1n) is 10.2. The molecule has 1 atom stereocenters. The van der Waals surface area contributed by atoms with Gasteiger partial charge in [-0.2, -0.15) is 0 Å². The van der Waals surface area contributed by atoms with E-state index in [0.29, 0.717) is 37.3 Å². The number of aromatic nitrogens is 1. The third kappa shape index (κ3) is 4.35. The van der Waals surface area contributed by atoms with E-state index in [-0.39, 0.29) is 11.8 Å². The van der Waals surface area contributed by atoms with Crippen LogP contribution in [0.4, 0.5) is 0 Å². The minimum Gasteiger partial charge on any atom is -0.386 e. The highest BCUT2D eigenvalue weighted by molar-refractivity contribution is 6.39. The number of piperidine rings is 1. The molecule has 30 heavy (non-hydrogen) atoms. The van der Waals surface area contributed by atoms with Gasteiger partial charge < -0.3 is 15.1 Å². The van der Waals surface area contributed by atoms with Crippen LogP contribution in [0.3, 0.4) is 0 Å². The summed E-state index contributed by atoms with van der Waals surface area (Å²) in [5.41, 5.74) is 3.56. The third-order valence-corrected chi connectivity index (χ3v) is 5.60. The molecule has 2 aliphatic rings. The second-order valence-electron chi connectivity index (χ2n) is 8.23. The molecule has 1 aromatic heterocycles. The molecule has 4 rings (SSSR count). The minimum atomic E-state index is -0.615. The maximum absolute atomic E-state index is 13.1. The van der Waals surface area contributed by atoms with Crippen molar-refractivity contribution in [3.05, 3.63) is 65.0 Å². The maximum Gasteiger partial charge on any atom is 0.269 e.